The SMILES string of the molecule is CCC1(CC)CCN(c2nc(NC)nc3nc[nH]c23)C1. The summed E-state index contributed by atoms with van der Waals surface area (Å²) in [6.07, 6.45) is 5.35. The molecule has 6 nitrogen and oxygen atoms in total. The zero-order chi connectivity index (χ0) is 14.2. The van der Waals surface area contributed by atoms with E-state index in [1.807, 2.05) is 7.05 Å². The van der Waals surface area contributed by atoms with Crippen LogP contribution in [-0.4, -0.2) is 40.1 Å². The minimum atomic E-state index is 0.428. The Morgan fingerprint density at radius 1 is 1.35 bits per heavy atom. The maximum absolute atomic E-state index is 4.64. The van der Waals surface area contributed by atoms with Crippen LogP contribution < -0.4 is 10.2 Å². The molecule has 1 fully saturated rings. The molecule has 0 saturated carbocycles. The summed E-state index contributed by atoms with van der Waals surface area (Å²) in [6, 6.07) is 0. The second-order valence-electron chi connectivity index (χ2n) is 5.60. The summed E-state index contributed by atoms with van der Waals surface area (Å²) in [6.45, 7) is 6.69. The van der Waals surface area contributed by atoms with Gasteiger partial charge < -0.3 is 15.2 Å². The zero-order valence-corrected chi connectivity index (χ0v) is 12.4. The van der Waals surface area contributed by atoms with Gasteiger partial charge in [0.1, 0.15) is 5.52 Å². The third-order valence-electron chi connectivity index (χ3n) is 4.73. The smallest absolute Gasteiger partial charge is 0.226 e. The molecule has 3 heterocycles. The third-order valence-corrected chi connectivity index (χ3v) is 4.73. The van der Waals surface area contributed by atoms with E-state index in [0.29, 0.717) is 11.4 Å². The molecule has 0 spiro atoms. The van der Waals surface area contributed by atoms with Gasteiger partial charge >= 0.3 is 0 Å². The van der Waals surface area contributed by atoms with Crippen molar-refractivity contribution >= 4 is 22.9 Å². The highest BCUT2D eigenvalue weighted by Gasteiger charge is 2.36. The quantitative estimate of drug-likeness (QED) is 0.896. The van der Waals surface area contributed by atoms with Gasteiger partial charge in [-0.3, -0.25) is 0 Å². The Morgan fingerprint density at radius 2 is 2.15 bits per heavy atom. The number of hydrogen-bond donors (Lipinski definition) is 2. The Morgan fingerprint density at radius 3 is 2.80 bits per heavy atom. The summed E-state index contributed by atoms with van der Waals surface area (Å²) >= 11 is 0. The lowest BCUT2D eigenvalue weighted by Crippen LogP contribution is -2.27. The number of rotatable bonds is 4. The van der Waals surface area contributed by atoms with E-state index in [-0.39, 0.29) is 0 Å². The minimum Gasteiger partial charge on any atom is -0.357 e. The van der Waals surface area contributed by atoms with Gasteiger partial charge in [-0.05, 0) is 24.7 Å². The van der Waals surface area contributed by atoms with E-state index in [9.17, 15) is 0 Å². The standard InChI is InChI=1S/C14H22N6/c1-4-14(5-2)6-7-20(8-14)12-10-11(17-9-16-10)18-13(15-3)19-12/h9H,4-8H2,1-3H3,(H2,15,16,17,18,19). The number of nitrogens with zero attached hydrogens (tertiary/aromatic N) is 4. The molecule has 1 aliphatic rings. The maximum Gasteiger partial charge on any atom is 0.226 e. The fraction of sp³-hybridized carbons (Fsp3) is 0.643. The van der Waals surface area contributed by atoms with Crippen LogP contribution in [0.3, 0.4) is 0 Å². The predicted molar refractivity (Wildman–Crippen MR) is 81.1 cm³/mol. The summed E-state index contributed by atoms with van der Waals surface area (Å²) in [4.78, 5) is 18.8. The molecule has 3 rings (SSSR count). The molecule has 0 aliphatic carbocycles. The van der Waals surface area contributed by atoms with Crippen LogP contribution in [0, 0.1) is 5.41 Å². The van der Waals surface area contributed by atoms with E-state index >= 15 is 0 Å². The second-order valence-corrected chi connectivity index (χ2v) is 5.60. The Bertz CT molecular complexity index is 601. The second kappa shape index (κ2) is 4.92. The molecule has 0 atom stereocenters. The number of hydrogen-bond acceptors (Lipinski definition) is 5. The van der Waals surface area contributed by atoms with Crippen LogP contribution in [0.25, 0.3) is 11.2 Å². The van der Waals surface area contributed by atoms with Gasteiger partial charge in [-0.2, -0.15) is 9.97 Å². The van der Waals surface area contributed by atoms with Crippen LogP contribution in [0.5, 0.6) is 0 Å². The largest absolute Gasteiger partial charge is 0.357 e. The highest BCUT2D eigenvalue weighted by atomic mass is 15.3. The van der Waals surface area contributed by atoms with Crippen LogP contribution in [0.15, 0.2) is 6.33 Å². The number of nitrogens with one attached hydrogen (secondary N) is 2. The van der Waals surface area contributed by atoms with E-state index in [4.69, 9.17) is 0 Å². The molecule has 0 unspecified atom stereocenters. The fourth-order valence-corrected chi connectivity index (χ4v) is 3.10. The highest BCUT2D eigenvalue weighted by molar-refractivity contribution is 5.84. The fourth-order valence-electron chi connectivity index (χ4n) is 3.10. The van der Waals surface area contributed by atoms with Crippen molar-refractivity contribution in [1.29, 1.82) is 0 Å². The van der Waals surface area contributed by atoms with Gasteiger partial charge in [0.2, 0.25) is 5.95 Å². The molecule has 108 valence electrons. The van der Waals surface area contributed by atoms with Crippen molar-refractivity contribution in [3.05, 3.63) is 6.33 Å². The molecule has 6 heteroatoms. The molecule has 0 bridgehead atoms. The predicted octanol–water partition coefficient (Wildman–Crippen LogP) is 2.41. The van der Waals surface area contributed by atoms with Crippen molar-refractivity contribution in [1.82, 2.24) is 19.9 Å². The van der Waals surface area contributed by atoms with Crippen molar-refractivity contribution in [2.24, 2.45) is 5.41 Å². The molecule has 0 aromatic carbocycles. The molecule has 2 N–H and O–H groups in total. The van der Waals surface area contributed by atoms with Crippen LogP contribution >= 0.6 is 0 Å². The first-order chi connectivity index (χ1) is 9.71. The molecule has 0 radical (unpaired) electrons. The third kappa shape index (κ3) is 1.99. The van der Waals surface area contributed by atoms with Gasteiger partial charge in [0.25, 0.3) is 0 Å². The zero-order valence-electron chi connectivity index (χ0n) is 12.4. The Labute approximate surface area is 119 Å². The van der Waals surface area contributed by atoms with Crippen molar-refractivity contribution in [3.63, 3.8) is 0 Å². The first-order valence-electron chi connectivity index (χ1n) is 7.35. The number of H-pyrrole nitrogens is 1. The summed E-state index contributed by atoms with van der Waals surface area (Å²) < 4.78 is 0. The summed E-state index contributed by atoms with van der Waals surface area (Å²) in [5.41, 5.74) is 2.09. The average Bonchev–Trinajstić information content (AvgIpc) is 3.13. The normalized spacial score (nSPS) is 17.9. The molecule has 2 aromatic rings. The lowest BCUT2D eigenvalue weighted by atomic mass is 9.82. The van der Waals surface area contributed by atoms with E-state index < -0.39 is 0 Å². The molecule has 1 saturated heterocycles. The van der Waals surface area contributed by atoms with Crippen molar-refractivity contribution < 1.29 is 0 Å². The first kappa shape index (κ1) is 13.1. The Hall–Kier alpha value is -1.85. The van der Waals surface area contributed by atoms with Crippen LogP contribution in [0.2, 0.25) is 0 Å². The molecule has 1 aliphatic heterocycles. The van der Waals surface area contributed by atoms with Crippen molar-refractivity contribution in [2.75, 3.05) is 30.4 Å². The van der Waals surface area contributed by atoms with Gasteiger partial charge in [0, 0.05) is 20.1 Å². The molecule has 20 heavy (non-hydrogen) atoms. The van der Waals surface area contributed by atoms with E-state index in [1.54, 1.807) is 6.33 Å². The number of imidazole rings is 1. The molecular formula is C14H22N6. The topological polar surface area (TPSA) is 69.7 Å². The summed E-state index contributed by atoms with van der Waals surface area (Å²) in [5.74, 6) is 1.60. The molecule has 0 amide bonds. The monoisotopic (exact) mass is 274 g/mol. The van der Waals surface area contributed by atoms with Gasteiger partial charge in [-0.1, -0.05) is 13.8 Å². The van der Waals surface area contributed by atoms with Gasteiger partial charge in [-0.15, -0.1) is 0 Å². The minimum absolute atomic E-state index is 0.428. The Balaban J connectivity index is 2.00. The number of anilines is 2. The summed E-state index contributed by atoms with van der Waals surface area (Å²) in [5, 5.41) is 3.02. The van der Waals surface area contributed by atoms with E-state index in [0.717, 1.165) is 30.1 Å². The van der Waals surface area contributed by atoms with Gasteiger partial charge in [0.15, 0.2) is 11.5 Å². The lowest BCUT2D eigenvalue weighted by Gasteiger charge is -2.26. The lowest BCUT2D eigenvalue weighted by molar-refractivity contribution is 0.301. The first-order valence-corrected chi connectivity index (χ1v) is 7.35. The average molecular weight is 274 g/mol. The van der Waals surface area contributed by atoms with Crippen LogP contribution in [-0.2, 0) is 0 Å². The summed E-state index contributed by atoms with van der Waals surface area (Å²) in [7, 11) is 1.84. The maximum atomic E-state index is 4.64. The van der Waals surface area contributed by atoms with Crippen molar-refractivity contribution in [3.8, 4) is 0 Å². The van der Waals surface area contributed by atoms with E-state index in [1.165, 1.54) is 19.3 Å². The van der Waals surface area contributed by atoms with E-state index in [2.05, 4.69) is 44.0 Å². The van der Waals surface area contributed by atoms with Gasteiger partial charge in [0.05, 0.1) is 6.33 Å². The number of aromatic nitrogens is 4. The molecule has 2 aromatic heterocycles. The van der Waals surface area contributed by atoms with Crippen LogP contribution in [0.4, 0.5) is 11.8 Å². The van der Waals surface area contributed by atoms with Crippen molar-refractivity contribution in [2.45, 2.75) is 33.1 Å². The van der Waals surface area contributed by atoms with Gasteiger partial charge in [-0.25, -0.2) is 4.98 Å². The molecular weight excluding hydrogens is 252 g/mol. The Kier molecular flexibility index (Phi) is 3.23. The van der Waals surface area contributed by atoms with Crippen LogP contribution in [0.1, 0.15) is 33.1 Å². The number of aromatic amines is 1. The number of fused-ring (bicyclic) bond motifs is 1. The highest BCUT2D eigenvalue weighted by Crippen LogP contribution is 2.39.